The van der Waals surface area contributed by atoms with Crippen molar-refractivity contribution < 1.29 is 4.42 Å². The number of benzene rings is 1. The molecule has 4 nitrogen and oxygen atoms in total. The first-order chi connectivity index (χ1) is 10.8. The number of aromatic nitrogens is 1. The summed E-state index contributed by atoms with van der Waals surface area (Å²) in [6.45, 7) is 2.12. The van der Waals surface area contributed by atoms with E-state index in [-0.39, 0.29) is 12.1 Å². The van der Waals surface area contributed by atoms with Crippen LogP contribution in [0.4, 0.5) is 0 Å². The molecule has 1 aromatic heterocycles. The third-order valence-electron chi connectivity index (χ3n) is 5.25. The molecule has 0 radical (unpaired) electrons. The van der Waals surface area contributed by atoms with Gasteiger partial charge in [-0.25, -0.2) is 4.98 Å². The zero-order valence-electron chi connectivity index (χ0n) is 13.1. The first-order valence-corrected chi connectivity index (χ1v) is 8.64. The highest BCUT2D eigenvalue weighted by Crippen LogP contribution is 2.35. The third-order valence-corrected chi connectivity index (χ3v) is 5.25. The molecule has 0 spiro atoms. The minimum absolute atomic E-state index is 0.239. The molecule has 118 valence electrons. The van der Waals surface area contributed by atoms with Crippen molar-refractivity contribution in [1.29, 1.82) is 0 Å². The molecule has 1 aliphatic heterocycles. The van der Waals surface area contributed by atoms with Crippen LogP contribution in [0, 0.1) is 5.92 Å². The van der Waals surface area contributed by atoms with Gasteiger partial charge in [0.2, 0.25) is 5.89 Å². The van der Waals surface area contributed by atoms with Crippen molar-refractivity contribution in [2.45, 2.75) is 50.6 Å². The number of rotatable bonds is 3. The van der Waals surface area contributed by atoms with Crippen LogP contribution >= 0.6 is 0 Å². The molecule has 2 heterocycles. The molecule has 2 aromatic rings. The van der Waals surface area contributed by atoms with Crippen LogP contribution in [-0.4, -0.2) is 29.0 Å². The number of fused-ring (bicyclic) bond motifs is 1. The smallest absolute Gasteiger partial charge is 0.212 e. The van der Waals surface area contributed by atoms with Crippen LogP contribution in [-0.2, 0) is 0 Å². The molecule has 4 heteroatoms. The topological polar surface area (TPSA) is 55.3 Å². The first-order valence-electron chi connectivity index (χ1n) is 8.64. The second-order valence-corrected chi connectivity index (χ2v) is 6.99. The maximum atomic E-state index is 6.24. The van der Waals surface area contributed by atoms with Gasteiger partial charge in [-0.3, -0.25) is 4.90 Å². The van der Waals surface area contributed by atoms with Crippen LogP contribution < -0.4 is 5.73 Å². The maximum absolute atomic E-state index is 6.24. The number of hydrogen-bond donors (Lipinski definition) is 1. The van der Waals surface area contributed by atoms with Crippen molar-refractivity contribution in [3.63, 3.8) is 0 Å². The highest BCUT2D eigenvalue weighted by atomic mass is 16.3. The van der Waals surface area contributed by atoms with Crippen molar-refractivity contribution in [3.8, 4) is 0 Å². The van der Waals surface area contributed by atoms with E-state index in [1.54, 1.807) is 0 Å². The highest BCUT2D eigenvalue weighted by Gasteiger charge is 2.35. The maximum Gasteiger partial charge on any atom is 0.212 e. The van der Waals surface area contributed by atoms with E-state index in [2.05, 4.69) is 4.90 Å². The standard InChI is InChI=1S/C18H25N3O/c19-14-10-16(18-20-15-8-4-5-9-17(15)22-18)21(12-14)11-13-6-2-1-3-7-13/h4-5,8-9,13-14,16H,1-3,6-7,10-12,19H2/t14-,16-/m0/s1. The Morgan fingerprint density at radius 1 is 1.18 bits per heavy atom. The molecular formula is C18H25N3O. The Kier molecular flexibility index (Phi) is 3.89. The monoisotopic (exact) mass is 299 g/mol. The summed E-state index contributed by atoms with van der Waals surface area (Å²) < 4.78 is 6.01. The summed E-state index contributed by atoms with van der Waals surface area (Å²) in [5.74, 6) is 1.68. The molecule has 2 aliphatic rings. The molecule has 1 aliphatic carbocycles. The van der Waals surface area contributed by atoms with Gasteiger partial charge in [-0.15, -0.1) is 0 Å². The number of hydrogen-bond acceptors (Lipinski definition) is 4. The second-order valence-electron chi connectivity index (χ2n) is 6.99. The van der Waals surface area contributed by atoms with Crippen LogP contribution in [0.1, 0.15) is 50.5 Å². The van der Waals surface area contributed by atoms with Gasteiger partial charge in [0, 0.05) is 19.1 Å². The molecule has 2 fully saturated rings. The fraction of sp³-hybridized carbons (Fsp3) is 0.611. The Balaban J connectivity index is 1.55. The molecule has 4 rings (SSSR count). The largest absolute Gasteiger partial charge is 0.439 e. The number of nitrogens with two attached hydrogens (primary N) is 1. The number of oxazole rings is 1. The average Bonchev–Trinajstić information content (AvgIpc) is 3.11. The van der Waals surface area contributed by atoms with Gasteiger partial charge in [-0.2, -0.15) is 0 Å². The van der Waals surface area contributed by atoms with Crippen LogP contribution in [0.3, 0.4) is 0 Å². The Morgan fingerprint density at radius 3 is 2.82 bits per heavy atom. The lowest BCUT2D eigenvalue weighted by Crippen LogP contribution is -2.32. The molecule has 1 aromatic carbocycles. The number of likely N-dealkylation sites (tertiary alicyclic amines) is 1. The zero-order valence-corrected chi connectivity index (χ0v) is 13.1. The Hall–Kier alpha value is -1.39. The molecule has 2 N–H and O–H groups in total. The van der Waals surface area contributed by atoms with E-state index in [1.807, 2.05) is 24.3 Å². The van der Waals surface area contributed by atoms with Gasteiger partial charge >= 0.3 is 0 Å². The lowest BCUT2D eigenvalue weighted by Gasteiger charge is -2.29. The predicted octanol–water partition coefficient (Wildman–Crippen LogP) is 3.48. The van der Waals surface area contributed by atoms with E-state index in [9.17, 15) is 0 Å². The van der Waals surface area contributed by atoms with Crippen LogP contribution in [0.5, 0.6) is 0 Å². The summed E-state index contributed by atoms with van der Waals surface area (Å²) in [7, 11) is 0. The van der Waals surface area contributed by atoms with Gasteiger partial charge in [-0.05, 0) is 37.3 Å². The summed E-state index contributed by atoms with van der Waals surface area (Å²) in [6, 6.07) is 8.51. The summed E-state index contributed by atoms with van der Waals surface area (Å²) in [5.41, 5.74) is 8.08. The molecule has 2 atom stereocenters. The van der Waals surface area contributed by atoms with Crippen molar-refractivity contribution in [2.24, 2.45) is 11.7 Å². The molecule has 0 bridgehead atoms. The molecule has 22 heavy (non-hydrogen) atoms. The van der Waals surface area contributed by atoms with Gasteiger partial charge in [0.1, 0.15) is 5.52 Å². The molecule has 0 unspecified atom stereocenters. The SMILES string of the molecule is N[C@H]1C[C@@H](c2nc3ccccc3o2)N(CC2CCCCC2)C1. The summed E-state index contributed by atoms with van der Waals surface area (Å²) >= 11 is 0. The zero-order chi connectivity index (χ0) is 14.9. The minimum Gasteiger partial charge on any atom is -0.439 e. The normalized spacial score (nSPS) is 27.7. The molecule has 0 amide bonds. The number of para-hydroxylation sites is 2. The van der Waals surface area contributed by atoms with Gasteiger partial charge in [-0.1, -0.05) is 31.4 Å². The van der Waals surface area contributed by atoms with Gasteiger partial charge < -0.3 is 10.2 Å². The van der Waals surface area contributed by atoms with Crippen LogP contribution in [0.2, 0.25) is 0 Å². The lowest BCUT2D eigenvalue weighted by molar-refractivity contribution is 0.171. The fourth-order valence-corrected chi connectivity index (χ4v) is 4.13. The van der Waals surface area contributed by atoms with E-state index < -0.39 is 0 Å². The van der Waals surface area contributed by atoms with E-state index in [1.165, 1.54) is 32.1 Å². The quantitative estimate of drug-likeness (QED) is 0.942. The Bertz CT molecular complexity index is 599. The van der Waals surface area contributed by atoms with E-state index >= 15 is 0 Å². The molecule has 1 saturated carbocycles. The van der Waals surface area contributed by atoms with Crippen LogP contribution in [0.15, 0.2) is 28.7 Å². The summed E-state index contributed by atoms with van der Waals surface area (Å²) in [6.07, 6.45) is 7.87. The van der Waals surface area contributed by atoms with Crippen molar-refractivity contribution in [3.05, 3.63) is 30.2 Å². The fourth-order valence-electron chi connectivity index (χ4n) is 4.13. The molecular weight excluding hydrogens is 274 g/mol. The highest BCUT2D eigenvalue weighted by molar-refractivity contribution is 5.72. The van der Waals surface area contributed by atoms with Crippen LogP contribution in [0.25, 0.3) is 11.1 Å². The Morgan fingerprint density at radius 2 is 2.00 bits per heavy atom. The Labute approximate surface area is 131 Å². The minimum atomic E-state index is 0.239. The van der Waals surface area contributed by atoms with Gasteiger partial charge in [0.15, 0.2) is 5.58 Å². The first kappa shape index (κ1) is 14.2. The van der Waals surface area contributed by atoms with Crippen molar-refractivity contribution >= 4 is 11.1 Å². The lowest BCUT2D eigenvalue weighted by atomic mass is 9.89. The van der Waals surface area contributed by atoms with E-state index in [4.69, 9.17) is 15.1 Å². The van der Waals surface area contributed by atoms with Crippen molar-refractivity contribution in [2.75, 3.05) is 13.1 Å². The van der Waals surface area contributed by atoms with Gasteiger partial charge in [0.25, 0.3) is 0 Å². The third kappa shape index (κ3) is 2.77. The molecule has 1 saturated heterocycles. The summed E-state index contributed by atoms with van der Waals surface area (Å²) in [5, 5.41) is 0. The van der Waals surface area contributed by atoms with Gasteiger partial charge in [0.05, 0.1) is 6.04 Å². The summed E-state index contributed by atoms with van der Waals surface area (Å²) in [4.78, 5) is 7.23. The van der Waals surface area contributed by atoms with E-state index in [0.29, 0.717) is 0 Å². The second kappa shape index (κ2) is 6.01. The van der Waals surface area contributed by atoms with E-state index in [0.717, 1.165) is 42.4 Å². The predicted molar refractivity (Wildman–Crippen MR) is 87.5 cm³/mol. The average molecular weight is 299 g/mol. The van der Waals surface area contributed by atoms with Crippen molar-refractivity contribution in [1.82, 2.24) is 9.88 Å². The number of nitrogens with zero attached hydrogens (tertiary/aromatic N) is 2.